The van der Waals surface area contributed by atoms with Crippen molar-refractivity contribution < 1.29 is 26.4 Å². The molecular weight excluding hydrogens is 397 g/mol. The normalized spacial score (nSPS) is 11.8. The van der Waals surface area contributed by atoms with Crippen LogP contribution in [0.1, 0.15) is 10.4 Å². The van der Waals surface area contributed by atoms with Crippen LogP contribution in [0.25, 0.3) is 5.69 Å². The first-order valence-electron chi connectivity index (χ1n) is 7.78. The monoisotopic (exact) mass is 410 g/mol. The highest BCUT2D eigenvalue weighted by atomic mass is 32.2. The van der Waals surface area contributed by atoms with Gasteiger partial charge in [0.2, 0.25) is 0 Å². The highest BCUT2D eigenvalue weighted by molar-refractivity contribution is 7.93. The zero-order chi connectivity index (χ0) is 20.4. The maximum absolute atomic E-state index is 12.6. The van der Waals surface area contributed by atoms with E-state index in [1.165, 1.54) is 33.7 Å². The van der Waals surface area contributed by atoms with E-state index in [-0.39, 0.29) is 11.4 Å². The minimum absolute atomic E-state index is 0.141. The molecule has 11 heteroatoms. The Morgan fingerprint density at radius 2 is 1.61 bits per heavy atom. The summed E-state index contributed by atoms with van der Waals surface area (Å²) in [6.45, 7) is 0. The molecule has 0 saturated heterocycles. The molecule has 0 atom stereocenters. The van der Waals surface area contributed by atoms with Gasteiger partial charge in [0, 0.05) is 12.3 Å². The lowest BCUT2D eigenvalue weighted by atomic mass is 10.1. The molecule has 0 spiro atoms. The number of carbonyl (C=O) groups excluding carboxylic acids is 1. The van der Waals surface area contributed by atoms with Gasteiger partial charge in [0.25, 0.3) is 5.91 Å². The van der Waals surface area contributed by atoms with Crippen LogP contribution in [0.3, 0.4) is 0 Å². The van der Waals surface area contributed by atoms with E-state index in [4.69, 9.17) is 0 Å². The number of sulfonamides is 1. The molecule has 0 bridgehead atoms. The molecule has 1 aromatic heterocycles. The number of nitrogens with zero attached hydrogens (tertiary/aromatic N) is 2. The average molecular weight is 410 g/mol. The van der Waals surface area contributed by atoms with Gasteiger partial charge in [-0.2, -0.15) is 26.7 Å². The summed E-state index contributed by atoms with van der Waals surface area (Å²) in [5.74, 6) is -0.680. The zero-order valence-corrected chi connectivity index (χ0v) is 14.8. The van der Waals surface area contributed by atoms with Gasteiger partial charge in [0.05, 0.1) is 16.9 Å². The predicted molar refractivity (Wildman–Crippen MR) is 96.6 cm³/mol. The smallest absolute Gasteiger partial charge is 0.305 e. The van der Waals surface area contributed by atoms with Crippen molar-refractivity contribution in [2.45, 2.75) is 5.51 Å². The Morgan fingerprint density at radius 3 is 2.29 bits per heavy atom. The number of hydrogen-bond acceptors (Lipinski definition) is 4. The van der Waals surface area contributed by atoms with E-state index < -0.39 is 27.1 Å². The fraction of sp³-hybridized carbons (Fsp3) is 0.0588. The van der Waals surface area contributed by atoms with Crippen molar-refractivity contribution in [1.29, 1.82) is 0 Å². The number of carbonyl (C=O) groups is 1. The van der Waals surface area contributed by atoms with Crippen LogP contribution in [0.4, 0.5) is 24.7 Å². The summed E-state index contributed by atoms with van der Waals surface area (Å²) in [6, 6.07) is 15.5. The molecule has 0 radical (unpaired) electrons. The third-order valence-electron chi connectivity index (χ3n) is 3.57. The second-order valence-electron chi connectivity index (χ2n) is 5.53. The third kappa shape index (κ3) is 4.14. The number of rotatable bonds is 5. The molecule has 1 amide bonds. The Bertz CT molecular complexity index is 1100. The molecule has 2 N–H and O–H groups in total. The zero-order valence-electron chi connectivity index (χ0n) is 14.0. The van der Waals surface area contributed by atoms with Crippen LogP contribution in [0.2, 0.25) is 0 Å². The Balaban J connectivity index is 1.82. The minimum Gasteiger partial charge on any atom is -0.305 e. The molecule has 146 valence electrons. The first-order valence-corrected chi connectivity index (χ1v) is 9.26. The predicted octanol–water partition coefficient (Wildman–Crippen LogP) is 3.39. The van der Waals surface area contributed by atoms with Gasteiger partial charge >= 0.3 is 15.5 Å². The first kappa shape index (κ1) is 19.4. The lowest BCUT2D eigenvalue weighted by Crippen LogP contribution is -2.30. The Kier molecular flexibility index (Phi) is 5.10. The number of halogens is 3. The van der Waals surface area contributed by atoms with E-state index in [9.17, 15) is 26.4 Å². The van der Waals surface area contributed by atoms with Crippen LogP contribution in [0.15, 0.2) is 66.9 Å². The lowest BCUT2D eigenvalue weighted by Gasteiger charge is -2.13. The number of alkyl halides is 3. The summed E-state index contributed by atoms with van der Waals surface area (Å²) in [5, 5.41) is 6.58. The Labute approximate surface area is 157 Å². The van der Waals surface area contributed by atoms with E-state index in [2.05, 4.69) is 10.4 Å². The molecule has 0 aliphatic rings. The molecule has 1 heterocycles. The van der Waals surface area contributed by atoms with Gasteiger partial charge in [0.1, 0.15) is 0 Å². The fourth-order valence-corrected chi connectivity index (χ4v) is 2.85. The molecule has 2 aromatic carbocycles. The SMILES string of the molecule is O=C(Nc1ccn(-c2ccccc2)n1)c1ccccc1NS(=O)(=O)C(F)(F)F. The molecule has 3 aromatic rings. The Morgan fingerprint density at radius 1 is 0.964 bits per heavy atom. The van der Waals surface area contributed by atoms with Crippen molar-refractivity contribution in [3.05, 3.63) is 72.4 Å². The number of anilines is 2. The molecule has 28 heavy (non-hydrogen) atoms. The van der Waals surface area contributed by atoms with Gasteiger partial charge < -0.3 is 5.32 Å². The summed E-state index contributed by atoms with van der Waals surface area (Å²) in [4.78, 5) is 12.4. The quantitative estimate of drug-likeness (QED) is 0.674. The van der Waals surface area contributed by atoms with Gasteiger partial charge in [0.15, 0.2) is 5.82 Å². The van der Waals surface area contributed by atoms with E-state index >= 15 is 0 Å². The number of para-hydroxylation sites is 2. The van der Waals surface area contributed by atoms with Crippen LogP contribution in [0.5, 0.6) is 0 Å². The Hall–Kier alpha value is -3.34. The highest BCUT2D eigenvalue weighted by Gasteiger charge is 2.46. The molecule has 7 nitrogen and oxygen atoms in total. The van der Waals surface area contributed by atoms with Crippen LogP contribution < -0.4 is 10.0 Å². The van der Waals surface area contributed by atoms with Crippen molar-refractivity contribution in [1.82, 2.24) is 9.78 Å². The fourth-order valence-electron chi connectivity index (χ4n) is 2.27. The summed E-state index contributed by atoms with van der Waals surface area (Å²) < 4.78 is 63.3. The summed E-state index contributed by atoms with van der Waals surface area (Å²) >= 11 is 0. The second-order valence-corrected chi connectivity index (χ2v) is 7.21. The van der Waals surface area contributed by atoms with E-state index in [0.717, 1.165) is 11.8 Å². The van der Waals surface area contributed by atoms with Crippen molar-refractivity contribution in [2.75, 3.05) is 10.0 Å². The molecule has 0 unspecified atom stereocenters. The van der Waals surface area contributed by atoms with Crippen LogP contribution in [-0.2, 0) is 10.0 Å². The van der Waals surface area contributed by atoms with Gasteiger partial charge in [-0.1, -0.05) is 30.3 Å². The van der Waals surface area contributed by atoms with Crippen molar-refractivity contribution in [2.24, 2.45) is 0 Å². The van der Waals surface area contributed by atoms with Gasteiger partial charge in [-0.05, 0) is 24.3 Å². The van der Waals surface area contributed by atoms with Crippen molar-refractivity contribution in [3.8, 4) is 5.69 Å². The highest BCUT2D eigenvalue weighted by Crippen LogP contribution is 2.27. The molecule has 0 aliphatic carbocycles. The molecule has 0 aliphatic heterocycles. The number of benzene rings is 2. The second kappa shape index (κ2) is 7.35. The maximum Gasteiger partial charge on any atom is 0.516 e. The van der Waals surface area contributed by atoms with Crippen molar-refractivity contribution in [3.63, 3.8) is 0 Å². The van der Waals surface area contributed by atoms with E-state index in [1.54, 1.807) is 30.5 Å². The lowest BCUT2D eigenvalue weighted by molar-refractivity contribution is -0.0429. The summed E-state index contributed by atoms with van der Waals surface area (Å²) in [6.07, 6.45) is 1.59. The summed E-state index contributed by atoms with van der Waals surface area (Å²) in [5.41, 5.74) is -5.56. The standard InChI is InChI=1S/C17H13F3N4O3S/c18-17(19,20)28(26,27)23-14-9-5-4-8-13(14)16(25)21-15-10-11-24(22-15)12-6-2-1-3-7-12/h1-11,23H,(H,21,22,25). The molecule has 0 fully saturated rings. The number of nitrogens with one attached hydrogen (secondary N) is 2. The van der Waals surface area contributed by atoms with Crippen LogP contribution in [-0.4, -0.2) is 29.6 Å². The van der Waals surface area contributed by atoms with Crippen molar-refractivity contribution >= 4 is 27.4 Å². The molecule has 0 saturated carbocycles. The van der Waals surface area contributed by atoms with E-state index in [1.807, 2.05) is 6.07 Å². The average Bonchev–Trinajstić information content (AvgIpc) is 3.10. The topological polar surface area (TPSA) is 93.1 Å². The summed E-state index contributed by atoms with van der Waals surface area (Å²) in [7, 11) is -5.66. The minimum atomic E-state index is -5.66. The van der Waals surface area contributed by atoms with E-state index in [0.29, 0.717) is 0 Å². The number of hydrogen-bond donors (Lipinski definition) is 2. The maximum atomic E-state index is 12.6. The third-order valence-corrected chi connectivity index (χ3v) is 4.67. The molecule has 3 rings (SSSR count). The largest absolute Gasteiger partial charge is 0.516 e. The van der Waals surface area contributed by atoms with Crippen LogP contribution >= 0.6 is 0 Å². The van der Waals surface area contributed by atoms with Crippen LogP contribution in [0, 0.1) is 0 Å². The van der Waals surface area contributed by atoms with Gasteiger partial charge in [-0.25, -0.2) is 4.68 Å². The number of amides is 1. The molecular formula is C17H13F3N4O3S. The van der Waals surface area contributed by atoms with Gasteiger partial charge in [-0.3, -0.25) is 9.52 Å². The number of aromatic nitrogens is 2. The first-order chi connectivity index (χ1) is 13.2. The van der Waals surface area contributed by atoms with Gasteiger partial charge in [-0.15, -0.1) is 0 Å².